The summed E-state index contributed by atoms with van der Waals surface area (Å²) in [5.41, 5.74) is 6.39. The van der Waals surface area contributed by atoms with Crippen LogP contribution in [0.5, 0.6) is 0 Å². The third-order valence-corrected chi connectivity index (χ3v) is 5.10. The Labute approximate surface area is 157 Å². The van der Waals surface area contributed by atoms with Crippen molar-refractivity contribution in [2.45, 2.75) is 12.5 Å². The van der Waals surface area contributed by atoms with E-state index in [1.807, 2.05) is 17.5 Å². The Bertz CT molecular complexity index is 923. The van der Waals surface area contributed by atoms with Crippen LogP contribution in [-0.4, -0.2) is 33.0 Å². The van der Waals surface area contributed by atoms with Crippen LogP contribution in [0.4, 0.5) is 0 Å². The molecule has 3 aromatic rings. The number of hydrogen-bond donors (Lipinski definition) is 2. The van der Waals surface area contributed by atoms with Crippen LogP contribution in [0, 0.1) is 0 Å². The van der Waals surface area contributed by atoms with Crippen molar-refractivity contribution in [3.05, 3.63) is 57.7 Å². The number of ketones is 1. The highest BCUT2D eigenvalue weighted by Crippen LogP contribution is 2.22. The summed E-state index contributed by atoms with van der Waals surface area (Å²) in [5, 5.41) is 6.04. The number of aromatic nitrogens is 2. The van der Waals surface area contributed by atoms with Crippen molar-refractivity contribution in [2.24, 2.45) is 5.73 Å². The minimum atomic E-state index is -1.08. The predicted molar refractivity (Wildman–Crippen MR) is 98.8 cm³/mol. The fourth-order valence-electron chi connectivity index (χ4n) is 2.33. The van der Waals surface area contributed by atoms with Crippen LogP contribution < -0.4 is 11.1 Å². The molecule has 1 atom stereocenters. The molecule has 2 amide bonds. The van der Waals surface area contributed by atoms with Gasteiger partial charge in [0.15, 0.2) is 0 Å². The molecule has 0 saturated heterocycles. The molecular formula is C17H14N4O3S2. The van der Waals surface area contributed by atoms with E-state index in [1.165, 1.54) is 11.3 Å². The molecule has 0 fully saturated rings. The number of rotatable bonds is 7. The first kappa shape index (κ1) is 17.9. The van der Waals surface area contributed by atoms with E-state index in [1.54, 1.807) is 29.8 Å². The van der Waals surface area contributed by atoms with Gasteiger partial charge in [-0.15, -0.1) is 11.3 Å². The molecule has 1 unspecified atom stereocenters. The number of amides is 2. The second-order valence-corrected chi connectivity index (χ2v) is 6.99. The lowest BCUT2D eigenvalue weighted by Gasteiger charge is -2.15. The van der Waals surface area contributed by atoms with Gasteiger partial charge in [0.2, 0.25) is 5.78 Å². The minimum Gasteiger partial charge on any atom is -0.363 e. The van der Waals surface area contributed by atoms with E-state index in [0.717, 1.165) is 16.4 Å². The number of pyridine rings is 1. The van der Waals surface area contributed by atoms with Crippen molar-refractivity contribution >= 4 is 40.5 Å². The van der Waals surface area contributed by atoms with Gasteiger partial charge >= 0.3 is 0 Å². The van der Waals surface area contributed by atoms with Crippen LogP contribution in [0.15, 0.2) is 47.3 Å². The van der Waals surface area contributed by atoms with E-state index in [2.05, 4.69) is 14.7 Å². The monoisotopic (exact) mass is 386 g/mol. The first-order chi connectivity index (χ1) is 12.6. The standard InChI is InChI=1S/C17H14N4O3S2/c18-16(23)15(22)13(8-10-4-3-7-25-10)20-17(24)11-9-26-21-14(11)12-5-1-2-6-19-12/h1-7,9,13H,8H2,(H2,18,23)(H,20,24). The molecule has 0 saturated carbocycles. The number of hydrogen-bond acceptors (Lipinski definition) is 7. The molecule has 0 aromatic carbocycles. The summed E-state index contributed by atoms with van der Waals surface area (Å²) >= 11 is 2.54. The summed E-state index contributed by atoms with van der Waals surface area (Å²) in [6.07, 6.45) is 1.80. The van der Waals surface area contributed by atoms with Crippen molar-refractivity contribution in [1.29, 1.82) is 0 Å². The van der Waals surface area contributed by atoms with Crippen molar-refractivity contribution in [3.63, 3.8) is 0 Å². The van der Waals surface area contributed by atoms with Crippen molar-refractivity contribution in [2.75, 3.05) is 0 Å². The number of primary amides is 1. The van der Waals surface area contributed by atoms with Gasteiger partial charge in [-0.3, -0.25) is 19.4 Å². The molecule has 0 bridgehead atoms. The Kier molecular flexibility index (Phi) is 5.49. The zero-order valence-corrected chi connectivity index (χ0v) is 15.0. The Hall–Kier alpha value is -2.91. The van der Waals surface area contributed by atoms with E-state index in [0.29, 0.717) is 17.0 Å². The molecule has 0 radical (unpaired) electrons. The summed E-state index contributed by atoms with van der Waals surface area (Å²) in [6, 6.07) is 7.91. The summed E-state index contributed by atoms with van der Waals surface area (Å²) in [5.74, 6) is -2.43. The van der Waals surface area contributed by atoms with E-state index < -0.39 is 23.6 Å². The fraction of sp³-hybridized carbons (Fsp3) is 0.118. The molecule has 132 valence electrons. The lowest BCUT2D eigenvalue weighted by Crippen LogP contribution is -2.47. The zero-order valence-electron chi connectivity index (χ0n) is 13.4. The highest BCUT2D eigenvalue weighted by atomic mass is 32.1. The summed E-state index contributed by atoms with van der Waals surface area (Å²) in [4.78, 5) is 41.2. The van der Waals surface area contributed by atoms with Crippen LogP contribution in [0.25, 0.3) is 11.4 Å². The van der Waals surface area contributed by atoms with Gasteiger partial charge in [0, 0.05) is 22.9 Å². The third-order valence-electron chi connectivity index (χ3n) is 3.57. The number of nitrogens with zero attached hydrogens (tertiary/aromatic N) is 2. The summed E-state index contributed by atoms with van der Waals surface area (Å²) in [7, 11) is 0. The molecule has 0 spiro atoms. The summed E-state index contributed by atoms with van der Waals surface area (Å²) in [6.45, 7) is 0. The molecular weight excluding hydrogens is 372 g/mol. The normalized spacial score (nSPS) is 11.7. The van der Waals surface area contributed by atoms with Gasteiger partial charge < -0.3 is 11.1 Å². The van der Waals surface area contributed by atoms with Gasteiger partial charge in [-0.2, -0.15) is 4.37 Å². The molecule has 3 heterocycles. The van der Waals surface area contributed by atoms with Gasteiger partial charge in [-0.05, 0) is 35.1 Å². The Balaban J connectivity index is 1.83. The SMILES string of the molecule is NC(=O)C(=O)C(Cc1cccs1)NC(=O)c1csnc1-c1ccccn1. The van der Waals surface area contributed by atoms with E-state index in [9.17, 15) is 14.4 Å². The molecule has 9 heteroatoms. The number of Topliss-reactive ketones (excluding diaryl/α,β-unsaturated/α-hetero) is 1. The first-order valence-corrected chi connectivity index (χ1v) is 9.30. The number of nitrogens with one attached hydrogen (secondary N) is 1. The molecule has 3 aromatic heterocycles. The number of thiophene rings is 1. The van der Waals surface area contributed by atoms with Gasteiger partial charge in [0.1, 0.15) is 11.7 Å². The zero-order chi connectivity index (χ0) is 18.5. The van der Waals surface area contributed by atoms with Crippen LogP contribution in [-0.2, 0) is 16.0 Å². The van der Waals surface area contributed by atoms with E-state index in [4.69, 9.17) is 5.73 Å². The lowest BCUT2D eigenvalue weighted by atomic mass is 10.1. The largest absolute Gasteiger partial charge is 0.363 e. The molecule has 0 aliphatic carbocycles. The average molecular weight is 386 g/mol. The highest BCUT2D eigenvalue weighted by Gasteiger charge is 2.27. The second kappa shape index (κ2) is 7.98. The Morgan fingerprint density at radius 1 is 1.19 bits per heavy atom. The van der Waals surface area contributed by atoms with Crippen molar-refractivity contribution in [1.82, 2.24) is 14.7 Å². The smallest absolute Gasteiger partial charge is 0.287 e. The van der Waals surface area contributed by atoms with Crippen LogP contribution in [0.1, 0.15) is 15.2 Å². The maximum absolute atomic E-state index is 12.7. The quantitative estimate of drug-likeness (QED) is 0.599. The number of nitrogens with two attached hydrogens (primary N) is 1. The third kappa shape index (κ3) is 4.01. The van der Waals surface area contributed by atoms with E-state index >= 15 is 0 Å². The Morgan fingerprint density at radius 3 is 2.69 bits per heavy atom. The van der Waals surface area contributed by atoms with Crippen LogP contribution >= 0.6 is 22.9 Å². The molecule has 3 rings (SSSR count). The Morgan fingerprint density at radius 2 is 2.04 bits per heavy atom. The average Bonchev–Trinajstić information content (AvgIpc) is 3.32. The van der Waals surface area contributed by atoms with Crippen molar-refractivity contribution < 1.29 is 14.4 Å². The number of carbonyl (C=O) groups excluding carboxylic acids is 3. The van der Waals surface area contributed by atoms with Gasteiger partial charge in [0.25, 0.3) is 11.8 Å². The van der Waals surface area contributed by atoms with E-state index in [-0.39, 0.29) is 6.42 Å². The maximum Gasteiger partial charge on any atom is 0.287 e. The highest BCUT2D eigenvalue weighted by molar-refractivity contribution is 7.09. The summed E-state index contributed by atoms with van der Waals surface area (Å²) < 4.78 is 4.21. The number of carbonyl (C=O) groups is 3. The topological polar surface area (TPSA) is 115 Å². The fourth-order valence-corrected chi connectivity index (χ4v) is 3.76. The molecule has 26 heavy (non-hydrogen) atoms. The van der Waals surface area contributed by atoms with Gasteiger partial charge in [-0.25, -0.2) is 0 Å². The van der Waals surface area contributed by atoms with Crippen LogP contribution in [0.3, 0.4) is 0 Å². The first-order valence-electron chi connectivity index (χ1n) is 7.59. The lowest BCUT2D eigenvalue weighted by molar-refractivity contribution is -0.137. The van der Waals surface area contributed by atoms with Crippen LogP contribution in [0.2, 0.25) is 0 Å². The maximum atomic E-state index is 12.7. The molecule has 0 aliphatic heterocycles. The van der Waals surface area contributed by atoms with Crippen molar-refractivity contribution in [3.8, 4) is 11.4 Å². The molecule has 7 nitrogen and oxygen atoms in total. The van der Waals surface area contributed by atoms with Gasteiger partial charge in [-0.1, -0.05) is 12.1 Å². The second-order valence-electron chi connectivity index (χ2n) is 5.33. The molecule has 3 N–H and O–H groups in total. The van der Waals surface area contributed by atoms with Gasteiger partial charge in [0.05, 0.1) is 11.3 Å². The molecule has 0 aliphatic rings. The minimum absolute atomic E-state index is 0.196. The predicted octanol–water partition coefficient (Wildman–Crippen LogP) is 1.66.